The van der Waals surface area contributed by atoms with E-state index in [2.05, 4.69) is 4.98 Å². The lowest BCUT2D eigenvalue weighted by molar-refractivity contribution is -0.0757. The van der Waals surface area contributed by atoms with Gasteiger partial charge in [-0.05, 0) is 6.07 Å². The van der Waals surface area contributed by atoms with Gasteiger partial charge in [0.25, 0.3) is 5.91 Å². The fourth-order valence-electron chi connectivity index (χ4n) is 0.848. The summed E-state index contributed by atoms with van der Waals surface area (Å²) >= 11 is 17.1. The summed E-state index contributed by atoms with van der Waals surface area (Å²) in [6.07, 6.45) is 0. The highest BCUT2D eigenvalue weighted by molar-refractivity contribution is 6.42. The Morgan fingerprint density at radius 3 is 2.53 bits per heavy atom. The van der Waals surface area contributed by atoms with E-state index in [0.717, 1.165) is 5.06 Å². The molecule has 0 unspecified atom stereocenters. The summed E-state index contributed by atoms with van der Waals surface area (Å²) < 4.78 is 0. The van der Waals surface area contributed by atoms with E-state index in [1.54, 1.807) is 0 Å². The molecule has 0 saturated carbocycles. The van der Waals surface area contributed by atoms with E-state index < -0.39 is 5.91 Å². The van der Waals surface area contributed by atoms with Crippen molar-refractivity contribution in [2.45, 2.75) is 0 Å². The molecule has 0 aliphatic rings. The van der Waals surface area contributed by atoms with Gasteiger partial charge in [-0.15, -0.1) is 0 Å². The summed E-state index contributed by atoms with van der Waals surface area (Å²) in [7, 11) is 2.80. The second-order valence-corrected chi connectivity index (χ2v) is 3.71. The molecule has 1 amide bonds. The largest absolute Gasteiger partial charge is 0.280 e. The second kappa shape index (κ2) is 4.99. The zero-order valence-electron chi connectivity index (χ0n) is 7.92. The summed E-state index contributed by atoms with van der Waals surface area (Å²) in [5, 5.41) is 1.21. The number of nitrogens with zero attached hydrogens (tertiary/aromatic N) is 2. The summed E-state index contributed by atoms with van der Waals surface area (Å²) in [6, 6.07) is 1.34. The van der Waals surface area contributed by atoms with Crippen LogP contribution in [0.3, 0.4) is 0 Å². The van der Waals surface area contributed by atoms with Gasteiger partial charge in [0.2, 0.25) is 0 Å². The Kier molecular flexibility index (Phi) is 4.16. The Hall–Kier alpha value is -0.550. The van der Waals surface area contributed by atoms with Crippen LogP contribution in [0.15, 0.2) is 6.07 Å². The number of aromatic nitrogens is 1. The third-order valence-corrected chi connectivity index (χ3v) is 2.64. The number of carbonyl (C=O) groups is 1. The van der Waals surface area contributed by atoms with Crippen molar-refractivity contribution in [2.24, 2.45) is 0 Å². The number of amides is 1. The fraction of sp³-hybridized carbons (Fsp3) is 0.250. The first kappa shape index (κ1) is 12.5. The minimum Gasteiger partial charge on any atom is -0.274 e. The van der Waals surface area contributed by atoms with Gasteiger partial charge in [-0.1, -0.05) is 34.8 Å². The Labute approximate surface area is 102 Å². The minimum atomic E-state index is -0.450. The molecular formula is C8H7Cl3N2O2. The fourth-order valence-corrected chi connectivity index (χ4v) is 1.40. The SMILES string of the molecule is CON(C)C(=O)c1cc(Cl)c(Cl)nc1Cl. The van der Waals surface area contributed by atoms with Crippen molar-refractivity contribution in [3.63, 3.8) is 0 Å². The molecule has 0 aromatic carbocycles. The van der Waals surface area contributed by atoms with Gasteiger partial charge in [0.05, 0.1) is 17.7 Å². The monoisotopic (exact) mass is 268 g/mol. The van der Waals surface area contributed by atoms with Crippen molar-refractivity contribution in [3.8, 4) is 0 Å². The van der Waals surface area contributed by atoms with Crippen LogP contribution in [0, 0.1) is 0 Å². The Morgan fingerprint density at radius 2 is 2.00 bits per heavy atom. The molecule has 1 aromatic heterocycles. The van der Waals surface area contributed by atoms with Crippen molar-refractivity contribution >= 4 is 40.7 Å². The van der Waals surface area contributed by atoms with Crippen molar-refractivity contribution in [1.29, 1.82) is 0 Å². The van der Waals surface area contributed by atoms with Crippen molar-refractivity contribution < 1.29 is 9.63 Å². The molecule has 1 aromatic rings. The third-order valence-electron chi connectivity index (χ3n) is 1.68. The maximum atomic E-state index is 11.6. The standard InChI is InChI=1S/C8H7Cl3N2O2/c1-13(15-2)8(14)4-3-5(9)7(11)12-6(4)10/h3H,1-2H3. The van der Waals surface area contributed by atoms with E-state index >= 15 is 0 Å². The maximum absolute atomic E-state index is 11.6. The molecule has 7 heteroatoms. The molecule has 1 heterocycles. The molecule has 0 aliphatic carbocycles. The van der Waals surface area contributed by atoms with Crippen LogP contribution >= 0.6 is 34.8 Å². The normalized spacial score (nSPS) is 10.2. The van der Waals surface area contributed by atoms with Gasteiger partial charge < -0.3 is 0 Å². The molecule has 82 valence electrons. The molecule has 1 rings (SSSR count). The summed E-state index contributed by atoms with van der Waals surface area (Å²) in [6.45, 7) is 0. The maximum Gasteiger partial charge on any atom is 0.280 e. The molecular weight excluding hydrogens is 262 g/mol. The zero-order chi connectivity index (χ0) is 11.6. The summed E-state index contributed by atoms with van der Waals surface area (Å²) in [5.74, 6) is -0.450. The highest BCUT2D eigenvalue weighted by atomic mass is 35.5. The van der Waals surface area contributed by atoms with E-state index in [-0.39, 0.29) is 20.9 Å². The molecule has 4 nitrogen and oxygen atoms in total. The lowest BCUT2D eigenvalue weighted by Crippen LogP contribution is -2.25. The van der Waals surface area contributed by atoms with Crippen LogP contribution in [0.25, 0.3) is 0 Å². The summed E-state index contributed by atoms with van der Waals surface area (Å²) in [4.78, 5) is 20.1. The van der Waals surface area contributed by atoms with Crippen LogP contribution in [0.2, 0.25) is 15.3 Å². The Bertz CT molecular complexity index is 398. The predicted octanol–water partition coefficient (Wildman–Crippen LogP) is 2.68. The average Bonchev–Trinajstić information content (AvgIpc) is 2.21. The number of pyridine rings is 1. The number of rotatable bonds is 2. The predicted molar refractivity (Wildman–Crippen MR) is 58.4 cm³/mol. The highest BCUT2D eigenvalue weighted by Crippen LogP contribution is 2.26. The number of hydrogen-bond acceptors (Lipinski definition) is 3. The van der Waals surface area contributed by atoms with E-state index in [1.165, 1.54) is 20.2 Å². The third kappa shape index (κ3) is 2.72. The second-order valence-electron chi connectivity index (χ2n) is 2.58. The number of hydrogen-bond donors (Lipinski definition) is 0. The molecule has 0 fully saturated rings. The molecule has 15 heavy (non-hydrogen) atoms. The first-order chi connectivity index (χ1) is 6.97. The van der Waals surface area contributed by atoms with E-state index in [0.29, 0.717) is 0 Å². The van der Waals surface area contributed by atoms with E-state index in [4.69, 9.17) is 39.6 Å². The van der Waals surface area contributed by atoms with Crippen molar-refractivity contribution in [2.75, 3.05) is 14.2 Å². The highest BCUT2D eigenvalue weighted by Gasteiger charge is 2.18. The molecule has 0 atom stereocenters. The van der Waals surface area contributed by atoms with Gasteiger partial charge in [0.15, 0.2) is 0 Å². The Balaban J connectivity index is 3.15. The first-order valence-corrected chi connectivity index (χ1v) is 4.94. The summed E-state index contributed by atoms with van der Waals surface area (Å²) in [5.41, 5.74) is 0.135. The van der Waals surface area contributed by atoms with Crippen LogP contribution < -0.4 is 0 Å². The lowest BCUT2D eigenvalue weighted by atomic mass is 10.2. The Morgan fingerprint density at radius 1 is 1.40 bits per heavy atom. The number of halogens is 3. The van der Waals surface area contributed by atoms with Gasteiger partial charge in [-0.2, -0.15) is 0 Å². The van der Waals surface area contributed by atoms with E-state index in [9.17, 15) is 4.79 Å². The number of carbonyl (C=O) groups excluding carboxylic acids is 1. The van der Waals surface area contributed by atoms with Crippen LogP contribution in [-0.4, -0.2) is 30.1 Å². The van der Waals surface area contributed by atoms with Crippen LogP contribution in [0.4, 0.5) is 0 Å². The van der Waals surface area contributed by atoms with Crippen molar-refractivity contribution in [3.05, 3.63) is 27.0 Å². The zero-order valence-corrected chi connectivity index (χ0v) is 10.2. The lowest BCUT2D eigenvalue weighted by Gasteiger charge is -2.14. The van der Waals surface area contributed by atoms with Crippen LogP contribution in [-0.2, 0) is 4.84 Å². The molecule has 0 N–H and O–H groups in total. The van der Waals surface area contributed by atoms with Gasteiger partial charge >= 0.3 is 0 Å². The number of hydroxylamine groups is 2. The van der Waals surface area contributed by atoms with Gasteiger partial charge in [-0.25, -0.2) is 10.0 Å². The molecule has 0 aliphatic heterocycles. The van der Waals surface area contributed by atoms with Gasteiger partial charge in [0.1, 0.15) is 10.3 Å². The average molecular weight is 270 g/mol. The molecule has 0 radical (unpaired) electrons. The smallest absolute Gasteiger partial charge is 0.274 e. The van der Waals surface area contributed by atoms with Crippen molar-refractivity contribution in [1.82, 2.24) is 10.0 Å². The van der Waals surface area contributed by atoms with E-state index in [1.807, 2.05) is 0 Å². The van der Waals surface area contributed by atoms with Gasteiger partial charge in [0, 0.05) is 7.05 Å². The molecule has 0 saturated heterocycles. The van der Waals surface area contributed by atoms with Crippen LogP contribution in [0.5, 0.6) is 0 Å². The first-order valence-electron chi connectivity index (χ1n) is 3.81. The topological polar surface area (TPSA) is 42.4 Å². The molecule has 0 bridgehead atoms. The van der Waals surface area contributed by atoms with Crippen LogP contribution in [0.1, 0.15) is 10.4 Å². The quantitative estimate of drug-likeness (QED) is 0.612. The minimum absolute atomic E-state index is 0.0155. The van der Waals surface area contributed by atoms with Gasteiger partial charge in [-0.3, -0.25) is 9.63 Å². The molecule has 0 spiro atoms.